The van der Waals surface area contributed by atoms with E-state index in [2.05, 4.69) is 4.99 Å². The second kappa shape index (κ2) is 12.2. The first-order valence-electron chi connectivity index (χ1n) is 10.0. The lowest BCUT2D eigenvalue weighted by Crippen LogP contribution is -2.11. The number of ether oxygens (including phenoxy) is 3. The number of allylic oxidation sites excluding steroid dienone is 1. The van der Waals surface area contributed by atoms with Gasteiger partial charge in [0.1, 0.15) is 23.7 Å². The van der Waals surface area contributed by atoms with Crippen LogP contribution in [0, 0.1) is 0 Å². The maximum absolute atomic E-state index is 12.3. The highest BCUT2D eigenvalue weighted by molar-refractivity contribution is 6.10. The summed E-state index contributed by atoms with van der Waals surface area (Å²) >= 11 is 0. The van der Waals surface area contributed by atoms with Crippen molar-refractivity contribution in [3.05, 3.63) is 71.0 Å². The number of aliphatic imine (C=N–C) groups is 1. The van der Waals surface area contributed by atoms with Gasteiger partial charge in [0.05, 0.1) is 25.0 Å². The summed E-state index contributed by atoms with van der Waals surface area (Å²) in [7, 11) is 1.55. The Morgan fingerprint density at radius 2 is 1.74 bits per heavy atom. The highest BCUT2D eigenvalue weighted by atomic mass is 16.5. The summed E-state index contributed by atoms with van der Waals surface area (Å²) < 4.78 is 15.5. The second-order valence-electron chi connectivity index (χ2n) is 6.52. The van der Waals surface area contributed by atoms with Crippen LogP contribution >= 0.6 is 0 Å². The number of nitrogens with zero attached hydrogens (tertiary/aromatic N) is 1. The van der Waals surface area contributed by atoms with Crippen molar-refractivity contribution in [3.8, 4) is 5.75 Å². The lowest BCUT2D eigenvalue weighted by Gasteiger charge is -2.09. The summed E-state index contributed by atoms with van der Waals surface area (Å²) in [6, 6.07) is 13.7. The molecular formula is C24H27NO6. The van der Waals surface area contributed by atoms with Gasteiger partial charge in [-0.05, 0) is 43.7 Å². The molecule has 7 heteroatoms. The molecular weight excluding hydrogens is 398 g/mol. The van der Waals surface area contributed by atoms with Gasteiger partial charge < -0.3 is 19.3 Å². The summed E-state index contributed by atoms with van der Waals surface area (Å²) in [6.45, 7) is 3.77. The van der Waals surface area contributed by atoms with Crippen LogP contribution in [0.4, 0.5) is 5.69 Å². The number of hydrogen-bond acceptors (Lipinski definition) is 7. The summed E-state index contributed by atoms with van der Waals surface area (Å²) in [5, 5.41) is 10.2. The van der Waals surface area contributed by atoms with E-state index >= 15 is 0 Å². The second-order valence-corrected chi connectivity index (χ2v) is 6.52. The molecule has 0 radical (unpaired) electrons. The van der Waals surface area contributed by atoms with Gasteiger partial charge in [0.2, 0.25) is 0 Å². The third kappa shape index (κ3) is 6.99. The van der Waals surface area contributed by atoms with Gasteiger partial charge in [-0.15, -0.1) is 0 Å². The number of methoxy groups -OCH3 is 1. The number of rotatable bonds is 10. The summed E-state index contributed by atoms with van der Waals surface area (Å²) in [4.78, 5) is 28.8. The number of aliphatic hydroxyl groups excluding tert-OH is 1. The van der Waals surface area contributed by atoms with Crippen LogP contribution in [0.3, 0.4) is 0 Å². The van der Waals surface area contributed by atoms with Gasteiger partial charge in [-0.2, -0.15) is 0 Å². The van der Waals surface area contributed by atoms with E-state index in [9.17, 15) is 14.7 Å². The van der Waals surface area contributed by atoms with Crippen LogP contribution in [0.1, 0.15) is 42.6 Å². The normalized spacial score (nSPS) is 11.7. The number of benzene rings is 2. The lowest BCUT2D eigenvalue weighted by atomic mass is 10.1. The van der Waals surface area contributed by atoms with Gasteiger partial charge in [-0.1, -0.05) is 25.1 Å². The van der Waals surface area contributed by atoms with Gasteiger partial charge in [-0.3, -0.25) is 4.99 Å². The minimum Gasteiger partial charge on any atom is -0.511 e. The molecule has 0 aromatic heterocycles. The van der Waals surface area contributed by atoms with Crippen molar-refractivity contribution in [2.24, 2.45) is 4.99 Å². The average Bonchev–Trinajstić information content (AvgIpc) is 2.78. The van der Waals surface area contributed by atoms with Crippen molar-refractivity contribution < 1.29 is 28.9 Å². The maximum Gasteiger partial charge on any atom is 0.343 e. The minimum atomic E-state index is -0.638. The van der Waals surface area contributed by atoms with Crippen molar-refractivity contribution in [2.75, 3.05) is 13.7 Å². The number of aliphatic hydroxyl groups is 1. The zero-order valence-corrected chi connectivity index (χ0v) is 18.0. The molecule has 1 N–H and O–H groups in total. The largest absolute Gasteiger partial charge is 0.511 e. The van der Waals surface area contributed by atoms with Gasteiger partial charge >= 0.3 is 11.9 Å². The van der Waals surface area contributed by atoms with Crippen molar-refractivity contribution in [1.29, 1.82) is 0 Å². The Balaban J connectivity index is 2.17. The molecule has 0 aliphatic heterocycles. The zero-order valence-electron chi connectivity index (χ0n) is 18.0. The average molecular weight is 425 g/mol. The highest BCUT2D eigenvalue weighted by Crippen LogP contribution is 2.21. The Kier molecular flexibility index (Phi) is 9.29. The topological polar surface area (TPSA) is 94.4 Å². The van der Waals surface area contributed by atoms with Crippen LogP contribution in [0.15, 0.2) is 64.9 Å². The van der Waals surface area contributed by atoms with Gasteiger partial charge in [0.25, 0.3) is 0 Å². The molecule has 0 saturated carbocycles. The monoisotopic (exact) mass is 425 g/mol. The molecule has 0 heterocycles. The number of esters is 2. The molecule has 164 valence electrons. The fraction of sp³-hybridized carbons (Fsp3) is 0.292. The quantitative estimate of drug-likeness (QED) is 0.251. The van der Waals surface area contributed by atoms with E-state index in [-0.39, 0.29) is 24.5 Å². The number of hydrogen-bond donors (Lipinski definition) is 1. The first-order chi connectivity index (χ1) is 15.0. The van der Waals surface area contributed by atoms with E-state index in [0.717, 1.165) is 0 Å². The minimum absolute atomic E-state index is 0.00221. The molecule has 0 aliphatic rings. The molecule has 0 aliphatic carbocycles. The van der Waals surface area contributed by atoms with Crippen LogP contribution < -0.4 is 4.74 Å². The first kappa shape index (κ1) is 23.7. The Morgan fingerprint density at radius 3 is 2.39 bits per heavy atom. The van der Waals surface area contributed by atoms with Crippen LogP contribution in [0.5, 0.6) is 5.75 Å². The smallest absolute Gasteiger partial charge is 0.343 e. The molecule has 0 amide bonds. The Labute approximate surface area is 182 Å². The van der Waals surface area contributed by atoms with Gasteiger partial charge in [0, 0.05) is 18.2 Å². The van der Waals surface area contributed by atoms with Crippen molar-refractivity contribution in [2.45, 2.75) is 33.3 Å². The summed E-state index contributed by atoms with van der Waals surface area (Å²) in [6.07, 6.45) is 2.29. The Hall–Kier alpha value is -3.61. The molecule has 0 spiro atoms. The van der Waals surface area contributed by atoms with E-state index in [1.807, 2.05) is 6.92 Å². The van der Waals surface area contributed by atoms with Crippen molar-refractivity contribution in [3.63, 3.8) is 0 Å². The lowest BCUT2D eigenvalue weighted by molar-refractivity contribution is -0.138. The van der Waals surface area contributed by atoms with Crippen LogP contribution in [0.2, 0.25) is 0 Å². The van der Waals surface area contributed by atoms with E-state index in [0.29, 0.717) is 35.4 Å². The molecule has 2 rings (SSSR count). The van der Waals surface area contributed by atoms with Crippen molar-refractivity contribution >= 4 is 23.8 Å². The SMILES string of the molecule is CCCC(O)=C(C=Nc1ccccc1COC(=O)c1ccc(OC)cc1)C(=O)OCC. The molecule has 0 bridgehead atoms. The van der Waals surface area contributed by atoms with E-state index in [1.54, 1.807) is 62.6 Å². The molecule has 2 aromatic carbocycles. The number of para-hydroxylation sites is 1. The summed E-state index contributed by atoms with van der Waals surface area (Å²) in [5.74, 6) is -0.545. The standard InChI is InChI=1S/C24H27NO6/c1-4-8-22(26)20(24(28)30-5-2)15-25-21-10-7-6-9-18(21)16-31-23(27)17-11-13-19(29-3)14-12-17/h6-7,9-15,26H,4-5,8,16H2,1-3H3. The fourth-order valence-electron chi connectivity index (χ4n) is 2.67. The molecule has 0 unspecified atom stereocenters. The number of carbonyl (C=O) groups is 2. The van der Waals surface area contributed by atoms with Crippen LogP contribution in [0.25, 0.3) is 0 Å². The first-order valence-corrected chi connectivity index (χ1v) is 10.0. The molecule has 7 nitrogen and oxygen atoms in total. The maximum atomic E-state index is 12.3. The van der Waals surface area contributed by atoms with E-state index in [4.69, 9.17) is 14.2 Å². The van der Waals surface area contributed by atoms with Crippen LogP contribution in [-0.2, 0) is 20.9 Å². The molecule has 0 saturated heterocycles. The summed E-state index contributed by atoms with van der Waals surface area (Å²) in [5.41, 5.74) is 1.57. The van der Waals surface area contributed by atoms with E-state index in [1.165, 1.54) is 6.21 Å². The third-order valence-corrected chi connectivity index (χ3v) is 4.30. The number of carbonyl (C=O) groups excluding carboxylic acids is 2. The van der Waals surface area contributed by atoms with Gasteiger partial charge in [-0.25, -0.2) is 9.59 Å². The third-order valence-electron chi connectivity index (χ3n) is 4.30. The van der Waals surface area contributed by atoms with E-state index < -0.39 is 11.9 Å². The van der Waals surface area contributed by atoms with Gasteiger partial charge in [0.15, 0.2) is 0 Å². The fourth-order valence-corrected chi connectivity index (χ4v) is 2.67. The predicted molar refractivity (Wildman–Crippen MR) is 118 cm³/mol. The predicted octanol–water partition coefficient (Wildman–Crippen LogP) is 4.93. The molecule has 31 heavy (non-hydrogen) atoms. The van der Waals surface area contributed by atoms with Crippen LogP contribution in [-0.4, -0.2) is 37.0 Å². The Bertz CT molecular complexity index is 947. The highest BCUT2D eigenvalue weighted by Gasteiger charge is 2.15. The van der Waals surface area contributed by atoms with Crippen molar-refractivity contribution in [1.82, 2.24) is 0 Å². The Morgan fingerprint density at radius 1 is 1.03 bits per heavy atom. The molecule has 2 aromatic rings. The zero-order chi connectivity index (χ0) is 22.6. The molecule has 0 atom stereocenters. The molecule has 0 fully saturated rings.